The Morgan fingerprint density at radius 2 is 2.50 bits per heavy atom. The van der Waals surface area contributed by atoms with Gasteiger partial charge in [0.15, 0.2) is 0 Å². The van der Waals surface area contributed by atoms with Crippen molar-refractivity contribution in [1.82, 2.24) is 0 Å². The average molecular weight is 149 g/mol. The van der Waals surface area contributed by atoms with Crippen LogP contribution in [0, 0.1) is 0 Å². The fourth-order valence-electron chi connectivity index (χ4n) is 0.523. The summed E-state index contributed by atoms with van der Waals surface area (Å²) in [5.41, 5.74) is 5.02. The molecule has 0 aromatic heterocycles. The molecule has 1 rings (SSSR count). The second-order valence-electron chi connectivity index (χ2n) is 1.60. The topological polar surface area (TPSA) is 43.1 Å². The van der Waals surface area contributed by atoms with E-state index in [0.717, 1.165) is 12.2 Å². The van der Waals surface area contributed by atoms with Crippen molar-refractivity contribution in [2.75, 3.05) is 5.75 Å². The van der Waals surface area contributed by atoms with Crippen molar-refractivity contribution >= 4 is 27.5 Å². The molecule has 2 nitrogen and oxygen atoms in total. The van der Waals surface area contributed by atoms with Crippen molar-refractivity contribution in [3.63, 3.8) is 0 Å². The summed E-state index contributed by atoms with van der Waals surface area (Å²) in [7, 11) is 3.32. The summed E-state index contributed by atoms with van der Waals surface area (Å²) in [5, 5.41) is 0.0833. The second kappa shape index (κ2) is 2.64. The van der Waals surface area contributed by atoms with E-state index in [1.54, 1.807) is 21.6 Å². The van der Waals surface area contributed by atoms with E-state index >= 15 is 0 Å². The molecule has 1 aliphatic rings. The standard InChI is InChI=1S/C4H7NOS2/c5-4(6)3-1-2-7-8-3/h3H,1-2H2,(H2,5,6). The van der Waals surface area contributed by atoms with E-state index in [0.29, 0.717) is 0 Å². The molecule has 0 saturated carbocycles. The van der Waals surface area contributed by atoms with Gasteiger partial charge < -0.3 is 5.73 Å². The number of rotatable bonds is 1. The van der Waals surface area contributed by atoms with E-state index in [1.165, 1.54) is 0 Å². The van der Waals surface area contributed by atoms with Crippen LogP contribution in [0.5, 0.6) is 0 Å². The van der Waals surface area contributed by atoms with Crippen LogP contribution >= 0.6 is 21.6 Å². The molecule has 0 bridgehead atoms. The Kier molecular flexibility index (Phi) is 2.08. The van der Waals surface area contributed by atoms with Crippen LogP contribution in [0.2, 0.25) is 0 Å². The molecule has 4 heteroatoms. The van der Waals surface area contributed by atoms with Gasteiger partial charge in [-0.2, -0.15) is 0 Å². The summed E-state index contributed by atoms with van der Waals surface area (Å²) in [4.78, 5) is 10.4. The van der Waals surface area contributed by atoms with Crippen molar-refractivity contribution in [1.29, 1.82) is 0 Å². The van der Waals surface area contributed by atoms with Gasteiger partial charge in [-0.05, 0) is 6.42 Å². The zero-order valence-electron chi connectivity index (χ0n) is 4.29. The fraction of sp³-hybridized carbons (Fsp3) is 0.750. The lowest BCUT2D eigenvalue weighted by Crippen LogP contribution is -2.23. The fourth-order valence-corrected chi connectivity index (χ4v) is 3.22. The lowest BCUT2D eigenvalue weighted by atomic mass is 10.3. The number of carbonyl (C=O) groups excluding carboxylic acids is 1. The highest BCUT2D eigenvalue weighted by Crippen LogP contribution is 2.36. The predicted octanol–water partition coefficient (Wildman–Crippen LogP) is 0.625. The minimum Gasteiger partial charge on any atom is -0.369 e. The number of carbonyl (C=O) groups is 1. The van der Waals surface area contributed by atoms with Gasteiger partial charge in [0, 0.05) is 5.75 Å². The summed E-state index contributed by atoms with van der Waals surface area (Å²) < 4.78 is 0. The molecule has 1 heterocycles. The quantitative estimate of drug-likeness (QED) is 0.556. The zero-order valence-corrected chi connectivity index (χ0v) is 5.93. The first kappa shape index (κ1) is 6.29. The van der Waals surface area contributed by atoms with Gasteiger partial charge in [-0.3, -0.25) is 4.79 Å². The highest BCUT2D eigenvalue weighted by molar-refractivity contribution is 8.77. The van der Waals surface area contributed by atoms with Crippen molar-refractivity contribution in [2.24, 2.45) is 5.73 Å². The number of primary amides is 1. The Morgan fingerprint density at radius 3 is 2.75 bits per heavy atom. The molecule has 8 heavy (non-hydrogen) atoms. The molecule has 1 unspecified atom stereocenters. The molecule has 1 aliphatic heterocycles. The van der Waals surface area contributed by atoms with Crippen LogP contribution < -0.4 is 5.73 Å². The first-order valence-corrected chi connectivity index (χ1v) is 4.76. The van der Waals surface area contributed by atoms with Gasteiger partial charge >= 0.3 is 0 Å². The second-order valence-corrected chi connectivity index (χ2v) is 4.29. The molecular formula is C4H7NOS2. The highest BCUT2D eigenvalue weighted by Gasteiger charge is 2.20. The van der Waals surface area contributed by atoms with Crippen LogP contribution in [0.4, 0.5) is 0 Å². The molecule has 1 amide bonds. The van der Waals surface area contributed by atoms with Crippen molar-refractivity contribution in [2.45, 2.75) is 11.7 Å². The Balaban J connectivity index is 2.35. The Hall–Kier alpha value is 0.170. The number of nitrogens with two attached hydrogens (primary N) is 1. The third-order valence-corrected chi connectivity index (χ3v) is 3.81. The molecule has 2 N–H and O–H groups in total. The molecule has 1 fully saturated rings. The molecule has 0 radical (unpaired) electrons. The van der Waals surface area contributed by atoms with E-state index in [2.05, 4.69) is 0 Å². The maximum Gasteiger partial charge on any atom is 0.231 e. The van der Waals surface area contributed by atoms with Crippen LogP contribution in [0.25, 0.3) is 0 Å². The van der Waals surface area contributed by atoms with E-state index in [9.17, 15) is 4.79 Å². The van der Waals surface area contributed by atoms with Crippen LogP contribution in [0.1, 0.15) is 6.42 Å². The van der Waals surface area contributed by atoms with Crippen LogP contribution in [0.15, 0.2) is 0 Å². The molecule has 0 aromatic carbocycles. The van der Waals surface area contributed by atoms with E-state index in [4.69, 9.17) is 5.73 Å². The lowest BCUT2D eigenvalue weighted by molar-refractivity contribution is -0.117. The van der Waals surface area contributed by atoms with Gasteiger partial charge in [-0.15, -0.1) is 0 Å². The first-order valence-electron chi connectivity index (χ1n) is 2.38. The SMILES string of the molecule is NC(=O)C1CCSS1. The predicted molar refractivity (Wildman–Crippen MR) is 37.6 cm³/mol. The molecule has 0 spiro atoms. The smallest absolute Gasteiger partial charge is 0.231 e. The highest BCUT2D eigenvalue weighted by atomic mass is 33.1. The van der Waals surface area contributed by atoms with Gasteiger partial charge in [-0.25, -0.2) is 0 Å². The summed E-state index contributed by atoms with van der Waals surface area (Å²) >= 11 is 0. The number of hydrogen-bond acceptors (Lipinski definition) is 3. The zero-order chi connectivity index (χ0) is 5.98. The maximum atomic E-state index is 10.4. The minimum absolute atomic E-state index is 0.0833. The monoisotopic (exact) mass is 149 g/mol. The molecule has 1 saturated heterocycles. The van der Waals surface area contributed by atoms with Gasteiger partial charge in [0.2, 0.25) is 5.91 Å². The molecule has 46 valence electrons. The van der Waals surface area contributed by atoms with E-state index in [-0.39, 0.29) is 11.2 Å². The summed E-state index contributed by atoms with van der Waals surface area (Å²) in [6, 6.07) is 0. The average Bonchev–Trinajstić information content (AvgIpc) is 2.12. The van der Waals surface area contributed by atoms with Crippen LogP contribution in [0.3, 0.4) is 0 Å². The van der Waals surface area contributed by atoms with Crippen LogP contribution in [-0.4, -0.2) is 16.9 Å². The van der Waals surface area contributed by atoms with Crippen molar-refractivity contribution in [3.8, 4) is 0 Å². The van der Waals surface area contributed by atoms with E-state index < -0.39 is 0 Å². The number of hydrogen-bond donors (Lipinski definition) is 1. The van der Waals surface area contributed by atoms with Gasteiger partial charge in [0.05, 0.1) is 5.25 Å². The van der Waals surface area contributed by atoms with Gasteiger partial charge in [-0.1, -0.05) is 21.6 Å². The van der Waals surface area contributed by atoms with Crippen molar-refractivity contribution < 1.29 is 4.79 Å². The summed E-state index contributed by atoms with van der Waals surface area (Å²) in [5.74, 6) is 0.901. The molecular weight excluding hydrogens is 142 g/mol. The third kappa shape index (κ3) is 1.32. The molecule has 0 aromatic rings. The van der Waals surface area contributed by atoms with Crippen molar-refractivity contribution in [3.05, 3.63) is 0 Å². The number of amides is 1. The Morgan fingerprint density at radius 1 is 1.75 bits per heavy atom. The van der Waals surface area contributed by atoms with Gasteiger partial charge in [0.25, 0.3) is 0 Å². The summed E-state index contributed by atoms with van der Waals surface area (Å²) in [6.07, 6.45) is 0.949. The Labute approximate surface area is 56.0 Å². The largest absolute Gasteiger partial charge is 0.369 e. The summed E-state index contributed by atoms with van der Waals surface area (Å²) in [6.45, 7) is 0. The van der Waals surface area contributed by atoms with Crippen LogP contribution in [-0.2, 0) is 4.79 Å². The lowest BCUT2D eigenvalue weighted by Gasteiger charge is -1.96. The normalized spacial score (nSPS) is 28.2. The van der Waals surface area contributed by atoms with Gasteiger partial charge in [0.1, 0.15) is 0 Å². The molecule has 0 aliphatic carbocycles. The Bertz CT molecular complexity index is 100. The minimum atomic E-state index is -0.167. The maximum absolute atomic E-state index is 10.4. The molecule has 1 atom stereocenters. The third-order valence-electron chi connectivity index (χ3n) is 0.965. The first-order chi connectivity index (χ1) is 3.80. The van der Waals surface area contributed by atoms with E-state index in [1.807, 2.05) is 0 Å².